The molecule has 0 aromatic carbocycles. The van der Waals surface area contributed by atoms with E-state index in [0.29, 0.717) is 19.3 Å². The highest BCUT2D eigenvalue weighted by Crippen LogP contribution is 2.18. The smallest absolute Gasteiger partial charge is 0.306 e. The molecule has 0 saturated carbocycles. The standard InChI is InChI=1S/C72H130O6/c1-4-7-10-13-16-19-22-25-28-31-34-35-36-37-39-41-44-47-50-53-56-59-62-65-71(74)77-68-69(67-76-70(73)64-61-58-55-52-49-46-43-40-33-30-27-24-21-18-15-12-9-6-3)78-72(75)66-63-60-57-54-51-48-45-42-38-32-29-26-23-20-17-14-11-8-5-2/h7,10,16,19,25-26,28-29,34-35,69H,4-6,8-9,11-15,17-18,20-24,27,30-33,36-68H2,1-3H3/b10-7-,19-16-,28-25-,29-26-,35-34-. The van der Waals surface area contributed by atoms with Gasteiger partial charge in [-0.15, -0.1) is 0 Å². The van der Waals surface area contributed by atoms with Crippen molar-refractivity contribution in [2.45, 2.75) is 367 Å². The first kappa shape index (κ1) is 75.1. The number of rotatable bonds is 63. The van der Waals surface area contributed by atoms with Crippen LogP contribution in [0, 0.1) is 0 Å². The lowest BCUT2D eigenvalue weighted by Crippen LogP contribution is -2.30. The van der Waals surface area contributed by atoms with E-state index in [-0.39, 0.29) is 31.1 Å². The van der Waals surface area contributed by atoms with E-state index in [1.54, 1.807) is 0 Å². The van der Waals surface area contributed by atoms with Gasteiger partial charge in [0.15, 0.2) is 6.10 Å². The molecule has 0 aliphatic heterocycles. The molecule has 0 radical (unpaired) electrons. The number of allylic oxidation sites excluding steroid dienone is 10. The Labute approximate surface area is 485 Å². The van der Waals surface area contributed by atoms with E-state index < -0.39 is 6.10 Å². The lowest BCUT2D eigenvalue weighted by Gasteiger charge is -2.18. The molecule has 6 heteroatoms. The van der Waals surface area contributed by atoms with Crippen LogP contribution in [0.15, 0.2) is 60.8 Å². The molecule has 0 N–H and O–H groups in total. The van der Waals surface area contributed by atoms with E-state index in [0.717, 1.165) is 83.5 Å². The van der Waals surface area contributed by atoms with Gasteiger partial charge in [0.2, 0.25) is 0 Å². The molecule has 0 aromatic rings. The zero-order valence-electron chi connectivity index (χ0n) is 52.2. The van der Waals surface area contributed by atoms with Crippen molar-refractivity contribution in [2.75, 3.05) is 13.2 Å². The molecule has 1 atom stereocenters. The van der Waals surface area contributed by atoms with Gasteiger partial charge in [-0.05, 0) is 83.5 Å². The van der Waals surface area contributed by atoms with Gasteiger partial charge in [-0.25, -0.2) is 0 Å². The van der Waals surface area contributed by atoms with Crippen molar-refractivity contribution in [1.82, 2.24) is 0 Å². The molecule has 0 aliphatic rings. The van der Waals surface area contributed by atoms with Crippen LogP contribution in [0.2, 0.25) is 0 Å². The molecule has 6 nitrogen and oxygen atoms in total. The molecule has 0 rings (SSSR count). The van der Waals surface area contributed by atoms with E-state index in [1.165, 1.54) is 238 Å². The fourth-order valence-corrected chi connectivity index (χ4v) is 10.1. The molecule has 0 spiro atoms. The largest absolute Gasteiger partial charge is 0.462 e. The first-order valence-electron chi connectivity index (χ1n) is 34.3. The van der Waals surface area contributed by atoms with Gasteiger partial charge in [-0.2, -0.15) is 0 Å². The van der Waals surface area contributed by atoms with E-state index in [2.05, 4.69) is 81.5 Å². The van der Waals surface area contributed by atoms with Gasteiger partial charge < -0.3 is 14.2 Å². The third kappa shape index (κ3) is 63.9. The van der Waals surface area contributed by atoms with Gasteiger partial charge >= 0.3 is 17.9 Å². The van der Waals surface area contributed by atoms with Gasteiger partial charge in [0.05, 0.1) is 0 Å². The minimum absolute atomic E-state index is 0.0718. The molecule has 0 fully saturated rings. The Morgan fingerprint density at radius 3 is 0.795 bits per heavy atom. The van der Waals surface area contributed by atoms with Gasteiger partial charge in [0.1, 0.15) is 13.2 Å². The summed E-state index contributed by atoms with van der Waals surface area (Å²) >= 11 is 0. The van der Waals surface area contributed by atoms with Gasteiger partial charge in [-0.1, -0.05) is 319 Å². The molecule has 0 aromatic heterocycles. The Morgan fingerprint density at radius 1 is 0.269 bits per heavy atom. The maximum atomic E-state index is 12.9. The van der Waals surface area contributed by atoms with Crippen molar-refractivity contribution in [3.63, 3.8) is 0 Å². The number of hydrogen-bond acceptors (Lipinski definition) is 6. The lowest BCUT2D eigenvalue weighted by atomic mass is 10.0. The second-order valence-corrected chi connectivity index (χ2v) is 23.1. The predicted octanol–water partition coefficient (Wildman–Crippen LogP) is 23.5. The Hall–Kier alpha value is -2.89. The van der Waals surface area contributed by atoms with Crippen LogP contribution in [0.3, 0.4) is 0 Å². The molecule has 454 valence electrons. The van der Waals surface area contributed by atoms with Crippen molar-refractivity contribution in [3.8, 4) is 0 Å². The van der Waals surface area contributed by atoms with Crippen LogP contribution in [-0.4, -0.2) is 37.2 Å². The van der Waals surface area contributed by atoms with Crippen LogP contribution in [0.25, 0.3) is 0 Å². The van der Waals surface area contributed by atoms with E-state index in [4.69, 9.17) is 14.2 Å². The Kier molecular flexibility index (Phi) is 64.2. The summed E-state index contributed by atoms with van der Waals surface area (Å²) in [5, 5.41) is 0. The van der Waals surface area contributed by atoms with Crippen molar-refractivity contribution < 1.29 is 28.6 Å². The topological polar surface area (TPSA) is 78.9 Å². The average Bonchev–Trinajstić information content (AvgIpc) is 3.44. The van der Waals surface area contributed by atoms with Crippen molar-refractivity contribution in [2.24, 2.45) is 0 Å². The minimum Gasteiger partial charge on any atom is -0.462 e. The lowest BCUT2D eigenvalue weighted by molar-refractivity contribution is -0.167. The summed E-state index contributed by atoms with van der Waals surface area (Å²) in [6.45, 7) is 6.58. The Balaban J connectivity index is 4.34. The highest BCUT2D eigenvalue weighted by Gasteiger charge is 2.19. The first-order chi connectivity index (χ1) is 38.5. The van der Waals surface area contributed by atoms with E-state index in [9.17, 15) is 14.4 Å². The fraction of sp³-hybridized carbons (Fsp3) is 0.819. The summed E-state index contributed by atoms with van der Waals surface area (Å²) in [5.74, 6) is -0.854. The molecular weight excluding hydrogens is 961 g/mol. The minimum atomic E-state index is -0.777. The average molecular weight is 1090 g/mol. The van der Waals surface area contributed by atoms with Gasteiger partial charge in [0.25, 0.3) is 0 Å². The van der Waals surface area contributed by atoms with Crippen LogP contribution in [0.1, 0.15) is 361 Å². The fourth-order valence-electron chi connectivity index (χ4n) is 10.1. The molecule has 1 unspecified atom stereocenters. The zero-order valence-corrected chi connectivity index (χ0v) is 52.2. The van der Waals surface area contributed by atoms with Crippen LogP contribution >= 0.6 is 0 Å². The summed E-state index contributed by atoms with van der Waals surface area (Å²) in [6, 6.07) is 0. The predicted molar refractivity (Wildman–Crippen MR) is 339 cm³/mol. The van der Waals surface area contributed by atoms with Crippen molar-refractivity contribution in [3.05, 3.63) is 60.8 Å². The number of unbranched alkanes of at least 4 members (excludes halogenated alkanes) is 42. The SMILES string of the molecule is CC/C=C\C/C=C\C/C=C\C/C=C\CCCCCCCCCCCCC(=O)OCC(COC(=O)CCCCCCCCCCCCCCCCCCCC)OC(=O)CCCCCCCCCCC/C=C\CCCCCCCC. The third-order valence-corrected chi connectivity index (χ3v) is 15.3. The summed E-state index contributed by atoms with van der Waals surface area (Å²) in [5.41, 5.74) is 0. The molecule has 0 bridgehead atoms. The Morgan fingerprint density at radius 2 is 0.500 bits per heavy atom. The normalized spacial score (nSPS) is 12.4. The third-order valence-electron chi connectivity index (χ3n) is 15.3. The maximum absolute atomic E-state index is 12.9. The summed E-state index contributed by atoms with van der Waals surface area (Å²) in [7, 11) is 0. The monoisotopic (exact) mass is 1090 g/mol. The summed E-state index contributed by atoms with van der Waals surface area (Å²) < 4.78 is 17.0. The van der Waals surface area contributed by atoms with Crippen LogP contribution < -0.4 is 0 Å². The number of hydrogen-bond donors (Lipinski definition) is 0. The van der Waals surface area contributed by atoms with Crippen molar-refractivity contribution in [1.29, 1.82) is 0 Å². The number of ether oxygens (including phenoxy) is 3. The maximum Gasteiger partial charge on any atom is 0.306 e. The molecule has 0 saturated heterocycles. The highest BCUT2D eigenvalue weighted by molar-refractivity contribution is 5.71. The number of carbonyl (C=O) groups excluding carboxylic acids is 3. The zero-order chi connectivity index (χ0) is 56.4. The first-order valence-corrected chi connectivity index (χ1v) is 34.3. The van der Waals surface area contributed by atoms with Gasteiger partial charge in [0, 0.05) is 19.3 Å². The van der Waals surface area contributed by atoms with E-state index in [1.807, 2.05) is 0 Å². The van der Waals surface area contributed by atoms with Gasteiger partial charge in [-0.3, -0.25) is 14.4 Å². The molecule has 78 heavy (non-hydrogen) atoms. The molecule has 0 aliphatic carbocycles. The molecular formula is C72H130O6. The Bertz CT molecular complexity index is 1390. The highest BCUT2D eigenvalue weighted by atomic mass is 16.6. The van der Waals surface area contributed by atoms with Crippen LogP contribution in [0.5, 0.6) is 0 Å². The van der Waals surface area contributed by atoms with Crippen molar-refractivity contribution >= 4 is 17.9 Å². The molecule has 0 amide bonds. The van der Waals surface area contributed by atoms with Crippen LogP contribution in [0.4, 0.5) is 0 Å². The number of carbonyl (C=O) groups is 3. The van der Waals surface area contributed by atoms with Crippen LogP contribution in [-0.2, 0) is 28.6 Å². The summed E-state index contributed by atoms with van der Waals surface area (Å²) in [6.07, 6.45) is 85.2. The van der Waals surface area contributed by atoms with E-state index >= 15 is 0 Å². The summed E-state index contributed by atoms with van der Waals surface area (Å²) in [4.78, 5) is 38.4. The second kappa shape index (κ2) is 66.6. The number of esters is 3. The quantitative estimate of drug-likeness (QED) is 0.0261. The second-order valence-electron chi connectivity index (χ2n) is 23.1. The molecule has 0 heterocycles.